The molecule has 7 heteroatoms. The van der Waals surface area contributed by atoms with E-state index in [4.69, 9.17) is 5.11 Å². The molecule has 0 bridgehead atoms. The summed E-state index contributed by atoms with van der Waals surface area (Å²) < 4.78 is 26.6. The Hall–Kier alpha value is -1.73. The lowest BCUT2D eigenvalue weighted by Crippen LogP contribution is -2.50. The molecule has 0 saturated heterocycles. The van der Waals surface area contributed by atoms with Crippen LogP contribution in [-0.2, 0) is 6.42 Å². The first-order valence-corrected chi connectivity index (χ1v) is 8.30. The van der Waals surface area contributed by atoms with E-state index in [9.17, 15) is 18.7 Å². The van der Waals surface area contributed by atoms with Gasteiger partial charge in [0.2, 0.25) is 0 Å². The second kappa shape index (κ2) is 8.94. The van der Waals surface area contributed by atoms with Crippen LogP contribution in [0.2, 0.25) is 0 Å². The lowest BCUT2D eigenvalue weighted by atomic mass is 9.95. The summed E-state index contributed by atoms with van der Waals surface area (Å²) in [6.07, 6.45) is 3.32. The fourth-order valence-electron chi connectivity index (χ4n) is 3.16. The van der Waals surface area contributed by atoms with Gasteiger partial charge in [0.1, 0.15) is 11.6 Å². The van der Waals surface area contributed by atoms with Crippen molar-refractivity contribution in [1.82, 2.24) is 10.6 Å². The van der Waals surface area contributed by atoms with Crippen LogP contribution in [-0.4, -0.2) is 41.0 Å². The molecule has 1 aliphatic carbocycles. The van der Waals surface area contributed by atoms with E-state index in [0.29, 0.717) is 11.6 Å². The molecule has 5 nitrogen and oxygen atoms in total. The van der Waals surface area contributed by atoms with Crippen LogP contribution in [0, 0.1) is 11.6 Å². The van der Waals surface area contributed by atoms with E-state index in [1.54, 1.807) is 0 Å². The number of carbonyl (C=O) groups is 1. The van der Waals surface area contributed by atoms with Crippen molar-refractivity contribution < 1.29 is 23.8 Å². The van der Waals surface area contributed by atoms with Crippen LogP contribution in [0.15, 0.2) is 18.2 Å². The van der Waals surface area contributed by atoms with Crippen molar-refractivity contribution in [2.75, 3.05) is 6.54 Å². The van der Waals surface area contributed by atoms with Gasteiger partial charge >= 0.3 is 6.09 Å². The van der Waals surface area contributed by atoms with Crippen LogP contribution in [0.1, 0.15) is 37.7 Å². The summed E-state index contributed by atoms with van der Waals surface area (Å²) in [5.41, 5.74) is 0.294. The first-order chi connectivity index (χ1) is 11.4. The fourth-order valence-corrected chi connectivity index (χ4v) is 3.16. The number of amides is 1. The summed E-state index contributed by atoms with van der Waals surface area (Å²) in [6.45, 7) is 0.230. The largest absolute Gasteiger partial charge is 0.465 e. The Morgan fingerprint density at radius 2 is 1.79 bits per heavy atom. The molecule has 1 aromatic carbocycles. The molecule has 0 heterocycles. The average Bonchev–Trinajstić information content (AvgIpc) is 2.51. The van der Waals surface area contributed by atoms with Crippen molar-refractivity contribution in [2.24, 2.45) is 0 Å². The molecule has 0 spiro atoms. The van der Waals surface area contributed by atoms with Gasteiger partial charge in [-0.25, -0.2) is 13.6 Å². The summed E-state index contributed by atoms with van der Waals surface area (Å²) in [5, 5.41) is 24.7. The predicted octanol–water partition coefficient (Wildman–Crippen LogP) is 2.43. The van der Waals surface area contributed by atoms with Crippen LogP contribution in [0.3, 0.4) is 0 Å². The molecule has 1 saturated carbocycles. The molecule has 1 aliphatic rings. The Balaban J connectivity index is 1.96. The van der Waals surface area contributed by atoms with Gasteiger partial charge in [0, 0.05) is 18.7 Å². The van der Waals surface area contributed by atoms with E-state index in [2.05, 4.69) is 10.6 Å². The Kier molecular flexibility index (Phi) is 6.93. The molecule has 0 radical (unpaired) electrons. The van der Waals surface area contributed by atoms with Gasteiger partial charge in [0.15, 0.2) is 0 Å². The first kappa shape index (κ1) is 18.6. The van der Waals surface area contributed by atoms with E-state index >= 15 is 0 Å². The molecule has 1 aromatic rings. The molecule has 2 rings (SSSR count). The minimum Gasteiger partial charge on any atom is -0.465 e. The molecule has 0 aromatic heterocycles. The lowest BCUT2D eigenvalue weighted by molar-refractivity contribution is 0.113. The third kappa shape index (κ3) is 6.05. The van der Waals surface area contributed by atoms with Crippen molar-refractivity contribution >= 4 is 6.09 Å². The number of hydrogen-bond acceptors (Lipinski definition) is 3. The first-order valence-electron chi connectivity index (χ1n) is 8.30. The van der Waals surface area contributed by atoms with Crippen LogP contribution in [0.5, 0.6) is 0 Å². The normalized spacial score (nSPS) is 18.1. The van der Waals surface area contributed by atoms with Gasteiger partial charge in [-0.15, -0.1) is 0 Å². The Labute approximate surface area is 140 Å². The zero-order valence-corrected chi connectivity index (χ0v) is 13.5. The minimum absolute atomic E-state index is 0.00843. The number of aliphatic hydroxyl groups excluding tert-OH is 1. The maximum atomic E-state index is 13.3. The highest BCUT2D eigenvalue weighted by Crippen LogP contribution is 2.17. The van der Waals surface area contributed by atoms with Crippen LogP contribution >= 0.6 is 0 Å². The molecular weight excluding hydrogens is 318 g/mol. The Morgan fingerprint density at radius 1 is 1.17 bits per heavy atom. The summed E-state index contributed by atoms with van der Waals surface area (Å²) in [4.78, 5) is 11.0. The lowest BCUT2D eigenvalue weighted by Gasteiger charge is -2.27. The van der Waals surface area contributed by atoms with E-state index in [0.717, 1.165) is 43.9 Å². The number of benzene rings is 1. The van der Waals surface area contributed by atoms with Gasteiger partial charge in [-0.3, -0.25) is 0 Å². The zero-order valence-electron chi connectivity index (χ0n) is 13.5. The number of hydrogen-bond donors (Lipinski definition) is 4. The predicted molar refractivity (Wildman–Crippen MR) is 85.9 cm³/mol. The molecular formula is C17H24F2N2O3. The van der Waals surface area contributed by atoms with Gasteiger partial charge < -0.3 is 20.8 Å². The summed E-state index contributed by atoms with van der Waals surface area (Å²) in [7, 11) is 0. The van der Waals surface area contributed by atoms with E-state index in [1.807, 2.05) is 0 Å². The van der Waals surface area contributed by atoms with Gasteiger partial charge in [-0.05, 0) is 37.0 Å². The Bertz CT molecular complexity index is 530. The molecule has 24 heavy (non-hydrogen) atoms. The van der Waals surface area contributed by atoms with Crippen LogP contribution in [0.4, 0.5) is 13.6 Å². The summed E-state index contributed by atoms with van der Waals surface area (Å²) in [6, 6.07) is 2.51. The molecule has 1 amide bonds. The summed E-state index contributed by atoms with van der Waals surface area (Å²) in [5.74, 6) is -1.46. The van der Waals surface area contributed by atoms with Gasteiger partial charge in [-0.1, -0.05) is 19.3 Å². The number of rotatable bonds is 7. The van der Waals surface area contributed by atoms with Crippen molar-refractivity contribution in [3.8, 4) is 0 Å². The van der Waals surface area contributed by atoms with Crippen molar-refractivity contribution in [2.45, 2.75) is 56.7 Å². The van der Waals surface area contributed by atoms with Crippen molar-refractivity contribution in [3.05, 3.63) is 35.4 Å². The molecule has 0 unspecified atom stereocenters. The number of nitrogens with one attached hydrogen (secondary N) is 2. The third-order valence-corrected chi connectivity index (χ3v) is 4.37. The third-order valence-electron chi connectivity index (χ3n) is 4.37. The monoisotopic (exact) mass is 342 g/mol. The van der Waals surface area contributed by atoms with Crippen molar-refractivity contribution in [1.29, 1.82) is 0 Å². The zero-order chi connectivity index (χ0) is 17.5. The van der Waals surface area contributed by atoms with Crippen LogP contribution in [0.25, 0.3) is 0 Å². The quantitative estimate of drug-likeness (QED) is 0.613. The second-order valence-corrected chi connectivity index (χ2v) is 6.35. The Morgan fingerprint density at radius 3 is 2.38 bits per heavy atom. The van der Waals surface area contributed by atoms with Crippen molar-refractivity contribution in [3.63, 3.8) is 0 Å². The van der Waals surface area contributed by atoms with Gasteiger partial charge in [-0.2, -0.15) is 0 Å². The molecule has 2 atom stereocenters. The maximum Gasteiger partial charge on any atom is 0.404 e. The SMILES string of the molecule is O=C(O)N[C@@H](Cc1cc(F)cc(F)c1)[C@@H](O)CNC1CCCCC1. The minimum atomic E-state index is -1.28. The highest BCUT2D eigenvalue weighted by atomic mass is 19.1. The van der Waals surface area contributed by atoms with E-state index in [1.165, 1.54) is 6.42 Å². The van der Waals surface area contributed by atoms with E-state index < -0.39 is 29.9 Å². The molecule has 1 fully saturated rings. The average molecular weight is 342 g/mol. The topological polar surface area (TPSA) is 81.6 Å². The molecule has 4 N–H and O–H groups in total. The molecule has 0 aliphatic heterocycles. The number of aliphatic hydroxyl groups is 1. The van der Waals surface area contributed by atoms with E-state index in [-0.39, 0.29) is 13.0 Å². The van der Waals surface area contributed by atoms with Gasteiger partial charge in [0.25, 0.3) is 0 Å². The summed E-state index contributed by atoms with van der Waals surface area (Å²) >= 11 is 0. The van der Waals surface area contributed by atoms with Gasteiger partial charge in [0.05, 0.1) is 12.1 Å². The van der Waals surface area contributed by atoms with Crippen LogP contribution < -0.4 is 10.6 Å². The fraction of sp³-hybridized carbons (Fsp3) is 0.588. The molecule has 134 valence electrons. The smallest absolute Gasteiger partial charge is 0.404 e. The maximum absolute atomic E-state index is 13.3. The highest BCUT2D eigenvalue weighted by molar-refractivity contribution is 5.65. The number of halogens is 2. The second-order valence-electron chi connectivity index (χ2n) is 6.35. The highest BCUT2D eigenvalue weighted by Gasteiger charge is 2.23. The standard InChI is InChI=1S/C17H24F2N2O3/c18-12-6-11(7-13(19)9-12)8-15(21-17(23)24)16(22)10-20-14-4-2-1-3-5-14/h6-7,9,14-16,20-22H,1-5,8,10H2,(H,23,24)/t15-,16-/m0/s1. The number of carboxylic acid groups (broad SMARTS) is 1.